The number of rotatable bonds is 63. The van der Waals surface area contributed by atoms with E-state index in [2.05, 4.69) is 104 Å². The molecule has 1 amide bonds. The lowest BCUT2D eigenvalue weighted by Crippen LogP contribution is -2.65. The van der Waals surface area contributed by atoms with Gasteiger partial charge in [0, 0.05) is 6.42 Å². The Morgan fingerprint density at radius 1 is 0.394 bits per heavy atom. The van der Waals surface area contributed by atoms with Crippen LogP contribution < -0.4 is 5.32 Å². The summed E-state index contributed by atoms with van der Waals surface area (Å²) in [5, 5.41) is 87.6. The molecule has 0 aliphatic carbocycles. The molecule has 2 aliphatic rings. The van der Waals surface area contributed by atoms with Crippen LogP contribution >= 0.6 is 0 Å². The van der Waals surface area contributed by atoms with Crippen LogP contribution in [0.5, 0.6) is 0 Å². The second-order valence-corrected chi connectivity index (χ2v) is 26.7. The molecule has 94 heavy (non-hydrogen) atoms. The molecule has 14 heteroatoms. The lowest BCUT2D eigenvalue weighted by Gasteiger charge is -2.46. The minimum atomic E-state index is -1.80. The third kappa shape index (κ3) is 46.2. The molecule has 2 aliphatic heterocycles. The first-order valence-corrected chi connectivity index (χ1v) is 38.5. The van der Waals surface area contributed by atoms with E-state index in [1.54, 1.807) is 6.08 Å². The van der Waals surface area contributed by atoms with Crippen molar-refractivity contribution >= 4 is 5.91 Å². The van der Waals surface area contributed by atoms with Crippen LogP contribution in [0.25, 0.3) is 0 Å². The van der Waals surface area contributed by atoms with Crippen molar-refractivity contribution in [3.05, 3.63) is 97.2 Å². The van der Waals surface area contributed by atoms with Gasteiger partial charge >= 0.3 is 0 Å². The first-order chi connectivity index (χ1) is 46.1. The zero-order valence-electron chi connectivity index (χ0n) is 59.4. The molecule has 0 spiro atoms. The largest absolute Gasteiger partial charge is 0.394 e. The third-order valence-corrected chi connectivity index (χ3v) is 18.3. The average molecular weight is 1330 g/mol. The van der Waals surface area contributed by atoms with Crippen molar-refractivity contribution in [2.45, 2.75) is 383 Å². The summed E-state index contributed by atoms with van der Waals surface area (Å²) in [5.74, 6) is -0.252. The number of aliphatic hydroxyl groups is 8. The molecular formula is C80H141NO13. The Morgan fingerprint density at radius 3 is 1.17 bits per heavy atom. The minimum Gasteiger partial charge on any atom is -0.394 e. The Bertz CT molecular complexity index is 1950. The van der Waals surface area contributed by atoms with Crippen molar-refractivity contribution < 1.29 is 64.6 Å². The normalized spacial score (nSPS) is 23.0. The highest BCUT2D eigenvalue weighted by atomic mass is 16.7. The van der Waals surface area contributed by atoms with Gasteiger partial charge in [0.15, 0.2) is 12.6 Å². The van der Waals surface area contributed by atoms with E-state index in [-0.39, 0.29) is 18.9 Å². The molecule has 12 atom stereocenters. The van der Waals surface area contributed by atoms with Gasteiger partial charge in [-0.25, -0.2) is 0 Å². The molecular weight excluding hydrogens is 1180 g/mol. The number of hydrogen-bond donors (Lipinski definition) is 9. The molecule has 0 bridgehead atoms. The molecule has 9 N–H and O–H groups in total. The number of unbranched alkanes of at least 4 members (excludes halogenated alkanes) is 36. The summed E-state index contributed by atoms with van der Waals surface area (Å²) in [6, 6.07) is -0.941. The maximum absolute atomic E-state index is 13.4. The number of ether oxygens (including phenoxy) is 4. The van der Waals surface area contributed by atoms with Gasteiger partial charge in [0.05, 0.1) is 32.0 Å². The van der Waals surface area contributed by atoms with Crippen LogP contribution in [-0.2, 0) is 23.7 Å². The van der Waals surface area contributed by atoms with Gasteiger partial charge in [0.2, 0.25) is 5.91 Å². The second-order valence-electron chi connectivity index (χ2n) is 26.7. The van der Waals surface area contributed by atoms with Crippen molar-refractivity contribution in [3.63, 3.8) is 0 Å². The predicted molar refractivity (Wildman–Crippen MR) is 387 cm³/mol. The van der Waals surface area contributed by atoms with E-state index in [0.717, 1.165) is 77.0 Å². The Kier molecular flexibility index (Phi) is 58.6. The van der Waals surface area contributed by atoms with Crippen LogP contribution in [0.1, 0.15) is 309 Å². The summed E-state index contributed by atoms with van der Waals surface area (Å²) in [5.41, 5.74) is 0. The Morgan fingerprint density at radius 2 is 0.745 bits per heavy atom. The molecule has 2 saturated heterocycles. The molecule has 544 valence electrons. The van der Waals surface area contributed by atoms with E-state index >= 15 is 0 Å². The van der Waals surface area contributed by atoms with E-state index in [4.69, 9.17) is 18.9 Å². The number of aliphatic hydroxyl groups excluding tert-OH is 8. The van der Waals surface area contributed by atoms with Gasteiger partial charge in [-0.05, 0) is 83.5 Å². The number of amides is 1. The van der Waals surface area contributed by atoms with Gasteiger partial charge in [-0.3, -0.25) is 4.79 Å². The number of nitrogens with one attached hydrogen (secondary N) is 1. The number of carbonyl (C=O) groups excluding carboxylic acids is 1. The fourth-order valence-corrected chi connectivity index (χ4v) is 12.2. The first-order valence-electron chi connectivity index (χ1n) is 38.5. The van der Waals surface area contributed by atoms with Gasteiger partial charge in [-0.15, -0.1) is 0 Å². The van der Waals surface area contributed by atoms with E-state index in [0.29, 0.717) is 12.8 Å². The van der Waals surface area contributed by atoms with E-state index < -0.39 is 86.8 Å². The maximum atomic E-state index is 13.4. The van der Waals surface area contributed by atoms with Gasteiger partial charge in [-0.2, -0.15) is 0 Å². The zero-order valence-corrected chi connectivity index (χ0v) is 59.4. The van der Waals surface area contributed by atoms with E-state index in [1.165, 1.54) is 199 Å². The summed E-state index contributed by atoms with van der Waals surface area (Å²) < 4.78 is 22.9. The third-order valence-electron chi connectivity index (χ3n) is 18.3. The Labute approximate surface area is 573 Å². The first kappa shape index (κ1) is 87.0. The summed E-state index contributed by atoms with van der Waals surface area (Å²) >= 11 is 0. The Hall–Kier alpha value is -3.09. The predicted octanol–water partition coefficient (Wildman–Crippen LogP) is 16.9. The van der Waals surface area contributed by atoms with Crippen molar-refractivity contribution in [2.24, 2.45) is 0 Å². The molecule has 0 radical (unpaired) electrons. The van der Waals surface area contributed by atoms with Crippen LogP contribution in [0.4, 0.5) is 0 Å². The van der Waals surface area contributed by atoms with Crippen molar-refractivity contribution in [1.82, 2.24) is 5.32 Å². The SMILES string of the molecule is CC/C=C\C/C=C\C/C=C\C/C=C\C/C=C\C/C=C\CCCCCCCCCCCCCCC(=O)NC(COC1OC(CO)C(OC2OC(CO)C(O)C(O)C2O)C(O)C1O)C(O)/C=C/CC/C=C/CCCCCCCCCCCCCCCCCCCCCCCCC. The lowest BCUT2D eigenvalue weighted by molar-refractivity contribution is -0.359. The summed E-state index contributed by atoms with van der Waals surface area (Å²) in [6.45, 7) is 2.70. The van der Waals surface area contributed by atoms with E-state index in [9.17, 15) is 45.6 Å². The number of carbonyl (C=O) groups is 1. The van der Waals surface area contributed by atoms with Crippen molar-refractivity contribution in [2.75, 3.05) is 19.8 Å². The average Bonchev–Trinajstić information content (AvgIpc) is 0.794. The Balaban J connectivity index is 1.66. The van der Waals surface area contributed by atoms with Gasteiger partial charge in [-0.1, -0.05) is 317 Å². The van der Waals surface area contributed by atoms with Crippen molar-refractivity contribution in [1.29, 1.82) is 0 Å². The van der Waals surface area contributed by atoms with Crippen molar-refractivity contribution in [3.8, 4) is 0 Å². The number of allylic oxidation sites excluding steroid dienone is 15. The quantitative estimate of drug-likeness (QED) is 0.0204. The highest BCUT2D eigenvalue weighted by Crippen LogP contribution is 2.30. The second kappa shape index (κ2) is 63.4. The molecule has 0 saturated carbocycles. The zero-order chi connectivity index (χ0) is 68.0. The van der Waals surface area contributed by atoms with Crippen LogP contribution in [0.2, 0.25) is 0 Å². The fraction of sp³-hybridized carbons (Fsp3) is 0.787. The number of hydrogen-bond acceptors (Lipinski definition) is 13. The molecule has 0 aromatic heterocycles. The smallest absolute Gasteiger partial charge is 0.220 e. The standard InChI is InChI=1S/C80H141NO13/c1-3-5-7-9-11-13-15-17-19-21-23-25-27-29-31-33-34-36-38-40-42-44-46-48-50-52-54-56-58-60-62-64-72(85)81-68(67-91-79-77(90)75(88)78(71(66-83)93-79)94-80-76(89)74(87)73(86)70(65-82)92-80)69(84)63-61-59-57-55-53-51-49-47-45-43-41-39-37-35-32-30-28-26-24-22-20-18-16-14-12-10-8-6-4-2/h5,7,11,13,17,19,23,25,29,31,34,36,53,55,61,63,68-71,73-80,82-84,86-90H,3-4,6,8-10,12,14-16,18,20-22,24,26-28,30,32-33,35,37-52,54,56-60,62,64-67H2,1-2H3,(H,81,85)/b7-5-,13-11-,19-17-,25-23-,31-29-,36-34-,55-53+,63-61+. The highest BCUT2D eigenvalue weighted by molar-refractivity contribution is 5.76. The van der Waals surface area contributed by atoms with E-state index in [1.807, 2.05) is 6.08 Å². The topological polar surface area (TPSA) is 228 Å². The molecule has 0 aromatic rings. The molecule has 2 rings (SSSR count). The van der Waals surface area contributed by atoms with Crippen LogP contribution in [0, 0.1) is 0 Å². The maximum Gasteiger partial charge on any atom is 0.220 e. The van der Waals surface area contributed by atoms with Crippen LogP contribution in [-0.4, -0.2) is 140 Å². The van der Waals surface area contributed by atoms with Gasteiger partial charge < -0.3 is 65.1 Å². The fourth-order valence-electron chi connectivity index (χ4n) is 12.2. The lowest BCUT2D eigenvalue weighted by atomic mass is 9.97. The summed E-state index contributed by atoms with van der Waals surface area (Å²) in [7, 11) is 0. The van der Waals surface area contributed by atoms with Gasteiger partial charge in [0.25, 0.3) is 0 Å². The van der Waals surface area contributed by atoms with Crippen LogP contribution in [0.3, 0.4) is 0 Å². The molecule has 12 unspecified atom stereocenters. The minimum absolute atomic E-state index is 0.252. The highest BCUT2D eigenvalue weighted by Gasteiger charge is 2.51. The molecule has 0 aromatic carbocycles. The summed E-state index contributed by atoms with van der Waals surface area (Å²) in [4.78, 5) is 13.4. The molecule has 2 fully saturated rings. The van der Waals surface area contributed by atoms with Crippen LogP contribution in [0.15, 0.2) is 97.2 Å². The summed E-state index contributed by atoms with van der Waals surface area (Å²) in [6.07, 6.45) is 73.3. The monoisotopic (exact) mass is 1320 g/mol. The molecule has 14 nitrogen and oxygen atoms in total. The molecule has 2 heterocycles. The van der Waals surface area contributed by atoms with Gasteiger partial charge in [0.1, 0.15) is 48.8 Å².